The fourth-order valence-electron chi connectivity index (χ4n) is 3.78. The van der Waals surface area contributed by atoms with Gasteiger partial charge in [0.1, 0.15) is 5.75 Å². The zero-order valence-electron chi connectivity index (χ0n) is 14.7. The summed E-state index contributed by atoms with van der Waals surface area (Å²) in [6.45, 7) is 5.11. The normalized spacial score (nSPS) is 21.7. The molecular formula is C20H34OSi. The minimum atomic E-state index is -0.326. The van der Waals surface area contributed by atoms with E-state index in [1.54, 1.807) is 18.1 Å². The van der Waals surface area contributed by atoms with E-state index >= 15 is 0 Å². The lowest BCUT2D eigenvalue weighted by molar-refractivity contribution is 0.340. The molecule has 1 aromatic rings. The first kappa shape index (κ1) is 17.6. The van der Waals surface area contributed by atoms with Crippen LogP contribution in [0, 0.1) is 5.92 Å². The van der Waals surface area contributed by atoms with Gasteiger partial charge in [-0.15, -0.1) is 0 Å². The van der Waals surface area contributed by atoms with Gasteiger partial charge in [-0.3, -0.25) is 0 Å². The first-order valence-corrected chi connectivity index (χ1v) is 12.0. The van der Waals surface area contributed by atoms with Crippen LogP contribution in [0.2, 0.25) is 18.1 Å². The molecule has 0 aliphatic carbocycles. The summed E-state index contributed by atoms with van der Waals surface area (Å²) in [7, 11) is -0.326. The zero-order valence-corrected chi connectivity index (χ0v) is 15.8. The predicted octanol–water partition coefficient (Wildman–Crippen LogP) is 5.85. The Hall–Kier alpha value is -0.763. The molecule has 124 valence electrons. The summed E-state index contributed by atoms with van der Waals surface area (Å²) < 4.78 is 5.51. The lowest BCUT2D eigenvalue weighted by Gasteiger charge is -2.27. The standard InChI is InChI=1S/C20H34OSi/c1-3-5-6-15-22-16-13-19(14-17-22)8-7-18-9-11-20(12-10-18)21-4-2/h9-12,19,22H,3-8,13-17H2,1-2H3. The molecule has 0 unspecified atom stereocenters. The van der Waals surface area contributed by atoms with E-state index in [0.29, 0.717) is 0 Å². The Kier molecular flexibility index (Phi) is 8.07. The van der Waals surface area contributed by atoms with E-state index in [1.807, 2.05) is 6.92 Å². The first-order chi connectivity index (χ1) is 10.8. The van der Waals surface area contributed by atoms with Gasteiger partial charge >= 0.3 is 0 Å². The topological polar surface area (TPSA) is 9.23 Å². The maximum Gasteiger partial charge on any atom is 0.119 e. The molecule has 2 heteroatoms. The molecule has 0 amide bonds. The lowest BCUT2D eigenvalue weighted by atomic mass is 9.94. The summed E-state index contributed by atoms with van der Waals surface area (Å²) in [6.07, 6.45) is 10.1. The molecule has 1 heterocycles. The number of hydrogen-bond donors (Lipinski definition) is 0. The molecule has 0 aromatic heterocycles. The Morgan fingerprint density at radius 2 is 1.77 bits per heavy atom. The molecule has 1 aliphatic heterocycles. The number of aryl methyl sites for hydroxylation is 1. The Bertz CT molecular complexity index is 393. The molecule has 0 radical (unpaired) electrons. The smallest absolute Gasteiger partial charge is 0.119 e. The zero-order chi connectivity index (χ0) is 15.6. The summed E-state index contributed by atoms with van der Waals surface area (Å²) in [4.78, 5) is 0. The van der Waals surface area contributed by atoms with Gasteiger partial charge in [0.25, 0.3) is 0 Å². The third-order valence-corrected chi connectivity index (χ3v) is 8.78. The quantitative estimate of drug-likeness (QED) is 0.410. The van der Waals surface area contributed by atoms with Gasteiger partial charge in [0.05, 0.1) is 6.61 Å². The van der Waals surface area contributed by atoms with E-state index in [1.165, 1.54) is 50.5 Å². The SMILES string of the molecule is CCCCC[SiH]1CCC(CCc2ccc(OCC)cc2)CC1. The van der Waals surface area contributed by atoms with Gasteiger partial charge in [-0.1, -0.05) is 69.3 Å². The van der Waals surface area contributed by atoms with Gasteiger partial charge in [0, 0.05) is 8.80 Å². The Labute approximate surface area is 139 Å². The average Bonchev–Trinajstić information content (AvgIpc) is 2.56. The maximum absolute atomic E-state index is 5.51. The van der Waals surface area contributed by atoms with Crippen molar-refractivity contribution >= 4 is 8.80 Å². The first-order valence-electron chi connectivity index (χ1n) is 9.53. The van der Waals surface area contributed by atoms with Crippen LogP contribution in [0.3, 0.4) is 0 Å². The highest BCUT2D eigenvalue weighted by Crippen LogP contribution is 2.31. The highest BCUT2D eigenvalue weighted by atomic mass is 28.3. The van der Waals surface area contributed by atoms with Gasteiger partial charge in [-0.2, -0.15) is 0 Å². The van der Waals surface area contributed by atoms with E-state index in [-0.39, 0.29) is 8.80 Å². The van der Waals surface area contributed by atoms with Crippen molar-refractivity contribution in [2.24, 2.45) is 5.92 Å². The van der Waals surface area contributed by atoms with Crippen LogP contribution in [-0.2, 0) is 6.42 Å². The van der Waals surface area contributed by atoms with Crippen LogP contribution in [0.5, 0.6) is 5.75 Å². The molecule has 1 fully saturated rings. The summed E-state index contributed by atoms with van der Waals surface area (Å²) in [6, 6.07) is 13.6. The maximum atomic E-state index is 5.51. The summed E-state index contributed by atoms with van der Waals surface area (Å²) in [5.41, 5.74) is 1.48. The van der Waals surface area contributed by atoms with Crippen molar-refractivity contribution in [2.75, 3.05) is 6.61 Å². The Morgan fingerprint density at radius 1 is 1.05 bits per heavy atom. The summed E-state index contributed by atoms with van der Waals surface area (Å²) in [5.74, 6) is 2.01. The van der Waals surface area contributed by atoms with Gasteiger partial charge in [0.15, 0.2) is 0 Å². The van der Waals surface area contributed by atoms with E-state index in [2.05, 4.69) is 31.2 Å². The number of rotatable bonds is 9. The van der Waals surface area contributed by atoms with Crippen LogP contribution < -0.4 is 4.74 Å². The van der Waals surface area contributed by atoms with Crippen LogP contribution >= 0.6 is 0 Å². The minimum Gasteiger partial charge on any atom is -0.494 e. The molecule has 1 nitrogen and oxygen atoms in total. The van der Waals surface area contributed by atoms with Crippen molar-refractivity contribution in [3.8, 4) is 5.75 Å². The molecule has 1 saturated heterocycles. The molecule has 0 atom stereocenters. The Morgan fingerprint density at radius 3 is 2.41 bits per heavy atom. The van der Waals surface area contributed by atoms with Gasteiger partial charge in [-0.25, -0.2) is 0 Å². The average molecular weight is 319 g/mol. The second-order valence-corrected chi connectivity index (χ2v) is 10.5. The number of benzene rings is 1. The molecule has 22 heavy (non-hydrogen) atoms. The van der Waals surface area contributed by atoms with Crippen molar-refractivity contribution in [3.05, 3.63) is 29.8 Å². The van der Waals surface area contributed by atoms with Crippen LogP contribution in [-0.4, -0.2) is 15.4 Å². The van der Waals surface area contributed by atoms with E-state index in [9.17, 15) is 0 Å². The highest BCUT2D eigenvalue weighted by molar-refractivity contribution is 6.58. The number of unbranched alkanes of at least 4 members (excludes halogenated alkanes) is 2. The number of ether oxygens (including phenoxy) is 1. The van der Waals surface area contributed by atoms with Crippen LogP contribution in [0.15, 0.2) is 24.3 Å². The van der Waals surface area contributed by atoms with E-state index in [0.717, 1.165) is 18.3 Å². The highest BCUT2D eigenvalue weighted by Gasteiger charge is 2.21. The second kappa shape index (κ2) is 10.1. The van der Waals surface area contributed by atoms with Crippen LogP contribution in [0.1, 0.15) is 57.9 Å². The molecular weight excluding hydrogens is 284 g/mol. The summed E-state index contributed by atoms with van der Waals surface area (Å²) in [5, 5.41) is 0. The molecule has 0 saturated carbocycles. The minimum absolute atomic E-state index is 0.326. The van der Waals surface area contributed by atoms with Crippen molar-refractivity contribution in [1.82, 2.24) is 0 Å². The third-order valence-electron chi connectivity index (χ3n) is 5.26. The Balaban J connectivity index is 1.64. The lowest BCUT2D eigenvalue weighted by Crippen LogP contribution is -2.21. The van der Waals surface area contributed by atoms with Gasteiger partial charge in [0.2, 0.25) is 0 Å². The van der Waals surface area contributed by atoms with Gasteiger partial charge in [-0.05, 0) is 43.4 Å². The third kappa shape index (κ3) is 6.16. The number of hydrogen-bond acceptors (Lipinski definition) is 1. The van der Waals surface area contributed by atoms with Gasteiger partial charge < -0.3 is 4.74 Å². The summed E-state index contributed by atoms with van der Waals surface area (Å²) >= 11 is 0. The molecule has 1 aromatic carbocycles. The van der Waals surface area contributed by atoms with Crippen molar-refractivity contribution in [3.63, 3.8) is 0 Å². The molecule has 1 aliphatic rings. The fraction of sp³-hybridized carbons (Fsp3) is 0.700. The van der Waals surface area contributed by atoms with Crippen molar-refractivity contribution in [2.45, 2.75) is 76.9 Å². The largest absolute Gasteiger partial charge is 0.494 e. The second-order valence-electron chi connectivity index (χ2n) is 7.00. The van der Waals surface area contributed by atoms with E-state index < -0.39 is 0 Å². The van der Waals surface area contributed by atoms with Crippen molar-refractivity contribution < 1.29 is 4.74 Å². The molecule has 0 spiro atoms. The molecule has 0 N–H and O–H groups in total. The molecule has 2 rings (SSSR count). The van der Waals surface area contributed by atoms with Crippen LogP contribution in [0.25, 0.3) is 0 Å². The monoisotopic (exact) mass is 318 g/mol. The fourth-order valence-corrected chi connectivity index (χ4v) is 7.40. The van der Waals surface area contributed by atoms with Crippen molar-refractivity contribution in [1.29, 1.82) is 0 Å². The van der Waals surface area contributed by atoms with E-state index in [4.69, 9.17) is 4.74 Å². The predicted molar refractivity (Wildman–Crippen MR) is 99.8 cm³/mol. The van der Waals surface area contributed by atoms with Crippen LogP contribution in [0.4, 0.5) is 0 Å². The molecule has 0 bridgehead atoms.